The van der Waals surface area contributed by atoms with Crippen LogP contribution >= 0.6 is 0 Å². The number of nitrogens with zero attached hydrogens (tertiary/aromatic N) is 2. The van der Waals surface area contributed by atoms with Crippen LogP contribution in [-0.4, -0.2) is 35.5 Å². The molecule has 0 bridgehead atoms. The van der Waals surface area contributed by atoms with E-state index < -0.39 is 0 Å². The summed E-state index contributed by atoms with van der Waals surface area (Å²) in [7, 11) is 0. The van der Waals surface area contributed by atoms with E-state index in [1.807, 2.05) is 71.6 Å². The SMILES string of the molecule is O=C(Oc1ccc2ccccc2c1)c1ccc(C2CCN(/C=N\O)CC2)cc1. The average molecular weight is 374 g/mol. The van der Waals surface area contributed by atoms with Crippen molar-refractivity contribution in [3.63, 3.8) is 0 Å². The predicted octanol–water partition coefficient (Wildman–Crippen LogP) is 4.66. The van der Waals surface area contributed by atoms with Gasteiger partial charge in [-0.1, -0.05) is 47.6 Å². The van der Waals surface area contributed by atoms with Gasteiger partial charge in [-0.05, 0) is 59.4 Å². The van der Waals surface area contributed by atoms with Crippen molar-refractivity contribution >= 4 is 23.1 Å². The Kier molecular flexibility index (Phi) is 5.24. The largest absolute Gasteiger partial charge is 0.423 e. The predicted molar refractivity (Wildman–Crippen MR) is 109 cm³/mol. The number of carbonyl (C=O) groups excluding carboxylic acids is 1. The van der Waals surface area contributed by atoms with Crippen molar-refractivity contribution in [3.05, 3.63) is 77.9 Å². The van der Waals surface area contributed by atoms with E-state index in [-0.39, 0.29) is 5.97 Å². The molecule has 0 spiro atoms. The summed E-state index contributed by atoms with van der Waals surface area (Å²) < 4.78 is 5.55. The van der Waals surface area contributed by atoms with E-state index in [4.69, 9.17) is 9.94 Å². The van der Waals surface area contributed by atoms with Gasteiger partial charge in [-0.25, -0.2) is 4.79 Å². The van der Waals surface area contributed by atoms with Crippen LogP contribution in [-0.2, 0) is 0 Å². The molecular formula is C23H22N2O3. The highest BCUT2D eigenvalue weighted by molar-refractivity contribution is 5.92. The zero-order valence-corrected chi connectivity index (χ0v) is 15.5. The molecule has 0 aliphatic carbocycles. The van der Waals surface area contributed by atoms with Crippen molar-refractivity contribution in [2.75, 3.05) is 13.1 Å². The van der Waals surface area contributed by atoms with Gasteiger partial charge in [0.15, 0.2) is 0 Å². The zero-order valence-electron chi connectivity index (χ0n) is 15.5. The molecular weight excluding hydrogens is 352 g/mol. The molecule has 0 unspecified atom stereocenters. The van der Waals surface area contributed by atoms with E-state index in [0.29, 0.717) is 17.2 Å². The number of benzene rings is 3. The summed E-state index contributed by atoms with van der Waals surface area (Å²) in [6, 6.07) is 21.3. The number of carbonyl (C=O) groups is 1. The first-order valence-corrected chi connectivity index (χ1v) is 9.45. The highest BCUT2D eigenvalue weighted by atomic mass is 16.5. The average Bonchev–Trinajstić information content (AvgIpc) is 2.74. The van der Waals surface area contributed by atoms with Gasteiger partial charge >= 0.3 is 5.97 Å². The number of piperidine rings is 1. The first kappa shape index (κ1) is 18.0. The summed E-state index contributed by atoms with van der Waals surface area (Å²) in [4.78, 5) is 14.5. The van der Waals surface area contributed by atoms with Gasteiger partial charge in [-0.2, -0.15) is 0 Å². The Hall–Kier alpha value is -3.34. The summed E-state index contributed by atoms with van der Waals surface area (Å²) in [6.45, 7) is 1.72. The minimum absolute atomic E-state index is 0.351. The molecule has 5 nitrogen and oxygen atoms in total. The van der Waals surface area contributed by atoms with E-state index in [1.165, 1.54) is 11.9 Å². The Labute approximate surface area is 163 Å². The van der Waals surface area contributed by atoms with Crippen LogP contribution in [0.25, 0.3) is 10.8 Å². The lowest BCUT2D eigenvalue weighted by molar-refractivity contribution is 0.0735. The molecule has 0 aromatic heterocycles. The van der Waals surface area contributed by atoms with Gasteiger partial charge in [-0.15, -0.1) is 0 Å². The summed E-state index contributed by atoms with van der Waals surface area (Å²) >= 11 is 0. The van der Waals surface area contributed by atoms with E-state index in [9.17, 15) is 4.79 Å². The standard InChI is InChI=1S/C23H22N2O3/c26-23(28-22-10-9-17-3-1-2-4-21(17)15-22)20-7-5-18(6-8-20)19-11-13-25(14-12-19)16-24-27/h1-10,15-16,19,27H,11-14H2/b24-16-. The van der Waals surface area contributed by atoms with Crippen molar-refractivity contribution in [1.29, 1.82) is 0 Å². The molecule has 1 aliphatic heterocycles. The maximum absolute atomic E-state index is 12.5. The number of oxime groups is 1. The van der Waals surface area contributed by atoms with Gasteiger partial charge in [0.25, 0.3) is 0 Å². The second-order valence-corrected chi connectivity index (χ2v) is 7.06. The number of rotatable bonds is 4. The molecule has 1 aliphatic rings. The number of likely N-dealkylation sites (tertiary alicyclic amines) is 1. The van der Waals surface area contributed by atoms with Crippen LogP contribution in [0.4, 0.5) is 0 Å². The van der Waals surface area contributed by atoms with E-state index in [1.54, 1.807) is 0 Å². The highest BCUT2D eigenvalue weighted by Crippen LogP contribution is 2.28. The molecule has 142 valence electrons. The van der Waals surface area contributed by atoms with Crippen LogP contribution in [0.5, 0.6) is 5.75 Å². The molecule has 0 amide bonds. The molecule has 0 radical (unpaired) electrons. The normalized spacial score (nSPS) is 15.2. The molecule has 28 heavy (non-hydrogen) atoms. The topological polar surface area (TPSA) is 62.1 Å². The zero-order chi connectivity index (χ0) is 19.3. The monoisotopic (exact) mass is 374 g/mol. The van der Waals surface area contributed by atoms with Gasteiger partial charge in [0.1, 0.15) is 12.1 Å². The fraction of sp³-hybridized carbons (Fsp3) is 0.217. The summed E-state index contributed by atoms with van der Waals surface area (Å²) in [5.74, 6) is 0.649. The third-order valence-electron chi connectivity index (χ3n) is 5.29. The van der Waals surface area contributed by atoms with Gasteiger partial charge in [0.2, 0.25) is 0 Å². The van der Waals surface area contributed by atoms with E-state index in [2.05, 4.69) is 5.16 Å². The molecule has 5 heteroatoms. The van der Waals surface area contributed by atoms with E-state index >= 15 is 0 Å². The van der Waals surface area contributed by atoms with E-state index in [0.717, 1.165) is 36.7 Å². The summed E-state index contributed by atoms with van der Waals surface area (Å²) in [5, 5.41) is 13.9. The van der Waals surface area contributed by atoms with Gasteiger partial charge in [0.05, 0.1) is 5.56 Å². The molecule has 1 fully saturated rings. The van der Waals surface area contributed by atoms with Gasteiger partial charge < -0.3 is 14.8 Å². The quantitative estimate of drug-likeness (QED) is 0.180. The van der Waals surface area contributed by atoms with Crippen LogP contribution < -0.4 is 4.74 Å². The number of esters is 1. The van der Waals surface area contributed by atoms with Crippen LogP contribution in [0, 0.1) is 0 Å². The second kappa shape index (κ2) is 8.13. The maximum Gasteiger partial charge on any atom is 0.343 e. The lowest BCUT2D eigenvalue weighted by atomic mass is 9.89. The number of fused-ring (bicyclic) bond motifs is 1. The Balaban J connectivity index is 1.41. The Bertz CT molecular complexity index is 990. The molecule has 3 aromatic carbocycles. The molecule has 1 heterocycles. The molecule has 1 saturated heterocycles. The minimum atomic E-state index is -0.351. The van der Waals surface area contributed by atoms with Crippen molar-refractivity contribution in [2.45, 2.75) is 18.8 Å². The molecule has 0 atom stereocenters. The van der Waals surface area contributed by atoms with Gasteiger partial charge in [-0.3, -0.25) is 0 Å². The number of hydrogen-bond acceptors (Lipinski definition) is 4. The third-order valence-corrected chi connectivity index (χ3v) is 5.29. The number of hydrogen-bond donors (Lipinski definition) is 1. The van der Waals surface area contributed by atoms with Gasteiger partial charge in [0, 0.05) is 13.1 Å². The van der Waals surface area contributed by atoms with Crippen LogP contribution in [0.2, 0.25) is 0 Å². The maximum atomic E-state index is 12.5. The Morgan fingerprint density at radius 3 is 2.43 bits per heavy atom. The lowest BCUT2D eigenvalue weighted by Crippen LogP contribution is -2.31. The van der Waals surface area contributed by atoms with Crippen molar-refractivity contribution in [3.8, 4) is 5.75 Å². The Morgan fingerprint density at radius 2 is 1.71 bits per heavy atom. The molecule has 4 rings (SSSR count). The first-order valence-electron chi connectivity index (χ1n) is 9.45. The van der Waals surface area contributed by atoms with Crippen molar-refractivity contribution in [1.82, 2.24) is 4.90 Å². The van der Waals surface area contributed by atoms with Crippen LogP contribution in [0.1, 0.15) is 34.7 Å². The summed E-state index contributed by atoms with van der Waals surface area (Å²) in [6.07, 6.45) is 3.46. The summed E-state index contributed by atoms with van der Waals surface area (Å²) in [5.41, 5.74) is 1.77. The number of ether oxygens (including phenoxy) is 1. The molecule has 0 saturated carbocycles. The van der Waals surface area contributed by atoms with Crippen molar-refractivity contribution < 1.29 is 14.7 Å². The van der Waals surface area contributed by atoms with Crippen LogP contribution in [0.3, 0.4) is 0 Å². The van der Waals surface area contributed by atoms with Crippen LogP contribution in [0.15, 0.2) is 71.9 Å². The highest BCUT2D eigenvalue weighted by Gasteiger charge is 2.19. The first-order chi connectivity index (χ1) is 13.7. The minimum Gasteiger partial charge on any atom is -0.423 e. The fourth-order valence-electron chi connectivity index (χ4n) is 3.71. The molecule has 3 aromatic rings. The second-order valence-electron chi connectivity index (χ2n) is 7.06. The molecule has 1 N–H and O–H groups in total. The fourth-order valence-corrected chi connectivity index (χ4v) is 3.71. The Morgan fingerprint density at radius 1 is 1.00 bits per heavy atom. The smallest absolute Gasteiger partial charge is 0.343 e. The van der Waals surface area contributed by atoms with Crippen molar-refractivity contribution in [2.24, 2.45) is 5.16 Å². The third kappa shape index (κ3) is 3.98. The lowest BCUT2D eigenvalue weighted by Gasteiger charge is -2.30.